The van der Waals surface area contributed by atoms with Gasteiger partial charge in [-0.3, -0.25) is 4.79 Å². The minimum atomic E-state index is -0.745. The molecule has 1 rings (SSSR count). The Labute approximate surface area is 100 Å². The highest BCUT2D eigenvalue weighted by atomic mass is 16.4. The molecule has 0 saturated heterocycles. The molecule has 1 fully saturated rings. The first-order valence-corrected chi connectivity index (χ1v) is 6.83. The molecule has 0 heterocycles. The van der Waals surface area contributed by atoms with Gasteiger partial charge in [0.15, 0.2) is 0 Å². The van der Waals surface area contributed by atoms with Gasteiger partial charge in [0.25, 0.3) is 0 Å². The van der Waals surface area contributed by atoms with Crippen LogP contribution in [-0.4, -0.2) is 11.1 Å². The molecular formula is C14H28O2. The summed E-state index contributed by atoms with van der Waals surface area (Å²) in [6.07, 6.45) is 10.6. The highest BCUT2D eigenvalue weighted by Crippen LogP contribution is 2.31. The first kappa shape index (κ1) is 15.5. The van der Waals surface area contributed by atoms with E-state index in [2.05, 4.69) is 13.8 Å². The molecule has 1 N–H and O–H groups in total. The van der Waals surface area contributed by atoms with Crippen LogP contribution in [-0.2, 0) is 4.79 Å². The second kappa shape index (κ2) is 9.68. The van der Waals surface area contributed by atoms with Crippen LogP contribution in [0.25, 0.3) is 0 Å². The van der Waals surface area contributed by atoms with Gasteiger partial charge in [0.1, 0.15) is 0 Å². The number of carboxylic acid groups (broad SMARTS) is 1. The third kappa shape index (κ3) is 7.72. The second-order valence-corrected chi connectivity index (χ2v) is 4.91. The lowest BCUT2D eigenvalue weighted by Crippen LogP contribution is -2.14. The van der Waals surface area contributed by atoms with E-state index >= 15 is 0 Å². The highest BCUT2D eigenvalue weighted by molar-refractivity contribution is 5.66. The number of rotatable bonds is 4. The standard InChI is InChI=1S/C11H22.C3H6O2/c1-3-7-10(2)11-8-5-4-6-9-11;1-2-3(4)5/h10-11H,3-9H2,1-2H3;2H2,1H3,(H,4,5). The van der Waals surface area contributed by atoms with Gasteiger partial charge < -0.3 is 5.11 Å². The summed E-state index contributed by atoms with van der Waals surface area (Å²) in [5.74, 6) is 1.33. The maximum Gasteiger partial charge on any atom is 0.303 e. The van der Waals surface area contributed by atoms with E-state index in [1.165, 1.54) is 44.9 Å². The molecule has 1 unspecified atom stereocenters. The molecule has 16 heavy (non-hydrogen) atoms. The van der Waals surface area contributed by atoms with Gasteiger partial charge in [0, 0.05) is 6.42 Å². The highest BCUT2D eigenvalue weighted by Gasteiger charge is 2.18. The largest absolute Gasteiger partial charge is 0.481 e. The van der Waals surface area contributed by atoms with E-state index in [1.54, 1.807) is 6.92 Å². The Bertz CT molecular complexity index is 172. The van der Waals surface area contributed by atoms with Crippen molar-refractivity contribution in [1.82, 2.24) is 0 Å². The number of carbonyl (C=O) groups is 1. The van der Waals surface area contributed by atoms with Crippen molar-refractivity contribution in [2.45, 2.75) is 72.1 Å². The summed E-state index contributed by atoms with van der Waals surface area (Å²) in [5.41, 5.74) is 0. The molecule has 0 amide bonds. The Balaban J connectivity index is 0.000000385. The first-order valence-electron chi connectivity index (χ1n) is 6.83. The fraction of sp³-hybridized carbons (Fsp3) is 0.929. The molecule has 0 aromatic rings. The molecule has 2 nitrogen and oxygen atoms in total. The average Bonchev–Trinajstić information content (AvgIpc) is 2.31. The van der Waals surface area contributed by atoms with Crippen LogP contribution in [0.15, 0.2) is 0 Å². The van der Waals surface area contributed by atoms with Crippen molar-refractivity contribution >= 4 is 5.97 Å². The van der Waals surface area contributed by atoms with Gasteiger partial charge in [-0.2, -0.15) is 0 Å². The number of hydrogen-bond donors (Lipinski definition) is 1. The number of carboxylic acids is 1. The van der Waals surface area contributed by atoms with Crippen molar-refractivity contribution in [2.75, 3.05) is 0 Å². The lowest BCUT2D eigenvalue weighted by atomic mass is 9.79. The molecule has 96 valence electrons. The lowest BCUT2D eigenvalue weighted by molar-refractivity contribution is -0.136. The van der Waals surface area contributed by atoms with Crippen molar-refractivity contribution in [3.63, 3.8) is 0 Å². The first-order chi connectivity index (χ1) is 7.61. The zero-order valence-corrected chi connectivity index (χ0v) is 11.2. The third-order valence-corrected chi connectivity index (χ3v) is 3.50. The lowest BCUT2D eigenvalue weighted by Gasteiger charge is -2.27. The van der Waals surface area contributed by atoms with E-state index in [0.717, 1.165) is 11.8 Å². The van der Waals surface area contributed by atoms with E-state index in [1.807, 2.05) is 0 Å². The van der Waals surface area contributed by atoms with E-state index in [0.29, 0.717) is 0 Å². The summed E-state index contributed by atoms with van der Waals surface area (Å²) in [7, 11) is 0. The summed E-state index contributed by atoms with van der Waals surface area (Å²) < 4.78 is 0. The molecule has 1 aliphatic carbocycles. The molecule has 1 atom stereocenters. The molecule has 0 radical (unpaired) electrons. The SMILES string of the molecule is CCC(=O)O.CCCC(C)C1CCCCC1. The van der Waals surface area contributed by atoms with Crippen molar-refractivity contribution in [1.29, 1.82) is 0 Å². The van der Waals surface area contributed by atoms with E-state index in [-0.39, 0.29) is 6.42 Å². The van der Waals surface area contributed by atoms with E-state index in [4.69, 9.17) is 5.11 Å². The maximum absolute atomic E-state index is 9.37. The summed E-state index contributed by atoms with van der Waals surface area (Å²) in [6.45, 7) is 6.35. The Morgan fingerprint density at radius 1 is 1.25 bits per heavy atom. The minimum absolute atomic E-state index is 0.222. The molecule has 0 aromatic carbocycles. The predicted molar refractivity (Wildman–Crippen MR) is 68.6 cm³/mol. The fourth-order valence-electron chi connectivity index (χ4n) is 2.39. The van der Waals surface area contributed by atoms with E-state index < -0.39 is 5.97 Å². The molecule has 0 bridgehead atoms. The van der Waals surface area contributed by atoms with Crippen molar-refractivity contribution in [3.05, 3.63) is 0 Å². The van der Waals surface area contributed by atoms with Crippen LogP contribution in [0.3, 0.4) is 0 Å². The second-order valence-electron chi connectivity index (χ2n) is 4.91. The maximum atomic E-state index is 9.37. The van der Waals surface area contributed by atoms with Gasteiger partial charge in [0.2, 0.25) is 0 Å². The van der Waals surface area contributed by atoms with Gasteiger partial charge in [-0.25, -0.2) is 0 Å². The predicted octanol–water partition coefficient (Wildman–Crippen LogP) is 4.48. The van der Waals surface area contributed by atoms with Gasteiger partial charge in [0.05, 0.1) is 0 Å². The molecule has 1 aliphatic rings. The monoisotopic (exact) mass is 228 g/mol. The van der Waals surface area contributed by atoms with Crippen LogP contribution >= 0.6 is 0 Å². The van der Waals surface area contributed by atoms with Crippen molar-refractivity contribution in [3.8, 4) is 0 Å². The van der Waals surface area contributed by atoms with Gasteiger partial charge in [-0.15, -0.1) is 0 Å². The Morgan fingerprint density at radius 2 is 1.75 bits per heavy atom. The Kier molecular flexibility index (Phi) is 9.36. The quantitative estimate of drug-likeness (QED) is 0.770. The fourth-order valence-corrected chi connectivity index (χ4v) is 2.39. The van der Waals surface area contributed by atoms with Crippen LogP contribution in [0.1, 0.15) is 72.1 Å². The molecule has 0 spiro atoms. The number of hydrogen-bond acceptors (Lipinski definition) is 1. The van der Waals surface area contributed by atoms with Gasteiger partial charge in [-0.1, -0.05) is 65.7 Å². The number of aliphatic carboxylic acids is 1. The van der Waals surface area contributed by atoms with Crippen LogP contribution in [0, 0.1) is 11.8 Å². The normalized spacial score (nSPS) is 18.4. The molecule has 0 aliphatic heterocycles. The Morgan fingerprint density at radius 3 is 2.12 bits per heavy atom. The molecule has 0 aromatic heterocycles. The van der Waals surface area contributed by atoms with Gasteiger partial charge in [-0.05, 0) is 11.8 Å². The minimum Gasteiger partial charge on any atom is -0.481 e. The summed E-state index contributed by atoms with van der Waals surface area (Å²) >= 11 is 0. The third-order valence-electron chi connectivity index (χ3n) is 3.50. The topological polar surface area (TPSA) is 37.3 Å². The Hall–Kier alpha value is -0.530. The zero-order chi connectivity index (χ0) is 12.4. The summed E-state index contributed by atoms with van der Waals surface area (Å²) in [5, 5.41) is 7.72. The van der Waals surface area contributed by atoms with Crippen LogP contribution in [0.2, 0.25) is 0 Å². The van der Waals surface area contributed by atoms with Crippen LogP contribution < -0.4 is 0 Å². The molecular weight excluding hydrogens is 200 g/mol. The smallest absolute Gasteiger partial charge is 0.303 e. The average molecular weight is 228 g/mol. The summed E-state index contributed by atoms with van der Waals surface area (Å²) in [6, 6.07) is 0. The van der Waals surface area contributed by atoms with Crippen molar-refractivity contribution < 1.29 is 9.90 Å². The zero-order valence-electron chi connectivity index (χ0n) is 11.2. The van der Waals surface area contributed by atoms with Crippen LogP contribution in [0.4, 0.5) is 0 Å². The summed E-state index contributed by atoms with van der Waals surface area (Å²) in [4.78, 5) is 9.37. The molecule has 2 heteroatoms. The van der Waals surface area contributed by atoms with Crippen LogP contribution in [0.5, 0.6) is 0 Å². The van der Waals surface area contributed by atoms with Crippen molar-refractivity contribution in [2.24, 2.45) is 11.8 Å². The van der Waals surface area contributed by atoms with E-state index in [9.17, 15) is 4.79 Å². The van der Waals surface area contributed by atoms with Gasteiger partial charge >= 0.3 is 5.97 Å². The molecule has 1 saturated carbocycles.